The first-order valence-electron chi connectivity index (χ1n) is 7.98. The summed E-state index contributed by atoms with van der Waals surface area (Å²) in [7, 11) is 1.71. The molecule has 4 nitrogen and oxygen atoms in total. The highest BCUT2D eigenvalue weighted by Gasteiger charge is 2.35. The molecule has 0 saturated heterocycles. The summed E-state index contributed by atoms with van der Waals surface area (Å²) in [5.41, 5.74) is 7.19. The van der Waals surface area contributed by atoms with Crippen molar-refractivity contribution in [3.63, 3.8) is 0 Å². The molecule has 2 rings (SSSR count). The van der Waals surface area contributed by atoms with Crippen LogP contribution in [0.5, 0.6) is 0 Å². The van der Waals surface area contributed by atoms with Crippen molar-refractivity contribution >= 4 is 11.6 Å². The first-order chi connectivity index (χ1) is 10.1. The van der Waals surface area contributed by atoms with Crippen molar-refractivity contribution in [1.82, 2.24) is 9.78 Å². The lowest BCUT2D eigenvalue weighted by molar-refractivity contribution is 0.171. The average Bonchev–Trinajstić information content (AvgIpc) is 2.85. The smallest absolute Gasteiger partial charge is 0.0820 e. The molecule has 0 amide bonds. The summed E-state index contributed by atoms with van der Waals surface area (Å²) in [6, 6.07) is 0. The van der Waals surface area contributed by atoms with Crippen LogP contribution < -0.4 is 5.73 Å². The van der Waals surface area contributed by atoms with Gasteiger partial charge in [0.2, 0.25) is 0 Å². The van der Waals surface area contributed by atoms with Crippen molar-refractivity contribution < 1.29 is 4.74 Å². The largest absolute Gasteiger partial charge is 0.383 e. The summed E-state index contributed by atoms with van der Waals surface area (Å²) >= 11 is 6.44. The summed E-state index contributed by atoms with van der Waals surface area (Å²) < 4.78 is 7.20. The van der Waals surface area contributed by atoms with Crippen LogP contribution in [0, 0.1) is 17.8 Å². The van der Waals surface area contributed by atoms with Gasteiger partial charge in [-0.05, 0) is 43.6 Å². The second-order valence-electron chi connectivity index (χ2n) is 6.51. The fourth-order valence-electron chi connectivity index (χ4n) is 3.58. The number of hydrogen-bond donors (Lipinski definition) is 1. The van der Waals surface area contributed by atoms with E-state index in [1.54, 1.807) is 13.3 Å². The molecule has 0 aliphatic heterocycles. The molecule has 1 saturated carbocycles. The van der Waals surface area contributed by atoms with Crippen LogP contribution in [0.4, 0.5) is 0 Å². The molecule has 0 bridgehead atoms. The van der Waals surface area contributed by atoms with E-state index < -0.39 is 0 Å². The number of methoxy groups -OCH3 is 1. The molecule has 120 valence electrons. The summed E-state index contributed by atoms with van der Waals surface area (Å²) in [5, 5.41) is 5.21. The SMILES string of the molecule is COCCn1ncc(Cl)c1C1CC(C(C)C)CCC1CN. The molecule has 1 aromatic heterocycles. The van der Waals surface area contributed by atoms with Gasteiger partial charge in [-0.25, -0.2) is 0 Å². The quantitative estimate of drug-likeness (QED) is 0.876. The lowest BCUT2D eigenvalue weighted by Crippen LogP contribution is -2.32. The summed E-state index contributed by atoms with van der Waals surface area (Å²) in [4.78, 5) is 0. The van der Waals surface area contributed by atoms with Crippen molar-refractivity contribution in [3.05, 3.63) is 16.9 Å². The zero-order valence-corrected chi connectivity index (χ0v) is 14.1. The molecule has 1 heterocycles. The maximum atomic E-state index is 6.44. The van der Waals surface area contributed by atoms with Crippen LogP contribution in [-0.2, 0) is 11.3 Å². The molecule has 2 N–H and O–H groups in total. The molecule has 1 aromatic rings. The van der Waals surface area contributed by atoms with Crippen molar-refractivity contribution in [1.29, 1.82) is 0 Å². The molecule has 0 aromatic carbocycles. The van der Waals surface area contributed by atoms with Gasteiger partial charge in [0.15, 0.2) is 0 Å². The van der Waals surface area contributed by atoms with Crippen molar-refractivity contribution in [2.45, 2.75) is 45.6 Å². The van der Waals surface area contributed by atoms with Gasteiger partial charge in [-0.15, -0.1) is 0 Å². The average molecular weight is 314 g/mol. The monoisotopic (exact) mass is 313 g/mol. The highest BCUT2D eigenvalue weighted by Crippen LogP contribution is 2.44. The zero-order valence-electron chi connectivity index (χ0n) is 13.4. The van der Waals surface area contributed by atoms with Crippen LogP contribution in [-0.4, -0.2) is 30.0 Å². The normalized spacial score (nSPS) is 26.5. The Morgan fingerprint density at radius 1 is 1.48 bits per heavy atom. The Bertz CT molecular complexity index is 447. The van der Waals surface area contributed by atoms with Gasteiger partial charge in [0.1, 0.15) is 0 Å². The summed E-state index contributed by atoms with van der Waals surface area (Å²) in [6.45, 7) is 6.75. The lowest BCUT2D eigenvalue weighted by atomic mass is 9.69. The highest BCUT2D eigenvalue weighted by atomic mass is 35.5. The molecule has 0 radical (unpaired) electrons. The van der Waals surface area contributed by atoms with E-state index in [9.17, 15) is 0 Å². The number of halogens is 1. The van der Waals surface area contributed by atoms with Gasteiger partial charge in [-0.2, -0.15) is 5.10 Å². The van der Waals surface area contributed by atoms with Crippen molar-refractivity contribution in [2.75, 3.05) is 20.3 Å². The fourth-order valence-corrected chi connectivity index (χ4v) is 3.87. The third-order valence-corrected chi connectivity index (χ3v) is 5.26. The number of nitrogens with zero attached hydrogens (tertiary/aromatic N) is 2. The number of ether oxygens (including phenoxy) is 1. The molecule has 3 atom stereocenters. The van der Waals surface area contributed by atoms with E-state index in [0.29, 0.717) is 24.4 Å². The second-order valence-corrected chi connectivity index (χ2v) is 6.92. The maximum absolute atomic E-state index is 6.44. The van der Waals surface area contributed by atoms with E-state index in [1.165, 1.54) is 12.8 Å². The van der Waals surface area contributed by atoms with E-state index in [-0.39, 0.29) is 0 Å². The first-order valence-corrected chi connectivity index (χ1v) is 8.36. The Morgan fingerprint density at radius 2 is 2.24 bits per heavy atom. The van der Waals surface area contributed by atoms with Crippen LogP contribution in [0.15, 0.2) is 6.20 Å². The van der Waals surface area contributed by atoms with E-state index >= 15 is 0 Å². The van der Waals surface area contributed by atoms with Gasteiger partial charge in [0.25, 0.3) is 0 Å². The van der Waals surface area contributed by atoms with Crippen LogP contribution in [0.3, 0.4) is 0 Å². The number of hydrogen-bond acceptors (Lipinski definition) is 3. The van der Waals surface area contributed by atoms with Gasteiger partial charge >= 0.3 is 0 Å². The Morgan fingerprint density at radius 3 is 2.86 bits per heavy atom. The highest BCUT2D eigenvalue weighted by molar-refractivity contribution is 6.31. The second kappa shape index (κ2) is 7.61. The third kappa shape index (κ3) is 3.79. The number of rotatable bonds is 6. The van der Waals surface area contributed by atoms with Gasteiger partial charge in [0, 0.05) is 13.0 Å². The lowest BCUT2D eigenvalue weighted by Gasteiger charge is -2.37. The molecule has 5 heteroatoms. The first kappa shape index (κ1) is 16.8. The number of nitrogens with two attached hydrogens (primary N) is 1. The van der Waals surface area contributed by atoms with Gasteiger partial charge < -0.3 is 10.5 Å². The topological polar surface area (TPSA) is 53.1 Å². The van der Waals surface area contributed by atoms with E-state index in [4.69, 9.17) is 22.1 Å². The molecule has 1 fully saturated rings. The summed E-state index contributed by atoms with van der Waals surface area (Å²) in [6.07, 6.45) is 5.40. The minimum absolute atomic E-state index is 0.419. The Balaban J connectivity index is 2.25. The van der Waals surface area contributed by atoms with Crippen molar-refractivity contribution in [3.8, 4) is 0 Å². The van der Waals surface area contributed by atoms with E-state index in [2.05, 4.69) is 18.9 Å². The Hall–Kier alpha value is -0.580. The maximum Gasteiger partial charge on any atom is 0.0820 e. The molecule has 3 unspecified atom stereocenters. The predicted molar refractivity (Wildman–Crippen MR) is 86.6 cm³/mol. The molecule has 1 aliphatic rings. The van der Waals surface area contributed by atoms with Crippen LogP contribution in [0.1, 0.15) is 44.7 Å². The zero-order chi connectivity index (χ0) is 15.4. The standard InChI is InChI=1S/C16H28ClN3O/c1-11(2)12-4-5-13(9-18)14(8-12)16-15(17)10-19-20(16)6-7-21-3/h10-14H,4-9,18H2,1-3H3. The molecule has 1 aliphatic carbocycles. The molecule has 0 spiro atoms. The van der Waals surface area contributed by atoms with Crippen LogP contribution in [0.25, 0.3) is 0 Å². The van der Waals surface area contributed by atoms with Crippen molar-refractivity contribution in [2.24, 2.45) is 23.5 Å². The van der Waals surface area contributed by atoms with E-state index in [0.717, 1.165) is 36.1 Å². The number of aromatic nitrogens is 2. The molecular weight excluding hydrogens is 286 g/mol. The predicted octanol–water partition coefficient (Wildman–Crippen LogP) is 3.30. The van der Waals surface area contributed by atoms with Gasteiger partial charge in [-0.1, -0.05) is 25.4 Å². The van der Waals surface area contributed by atoms with Gasteiger partial charge in [0.05, 0.1) is 30.1 Å². The summed E-state index contributed by atoms with van der Waals surface area (Å²) in [5.74, 6) is 2.39. The van der Waals surface area contributed by atoms with Gasteiger partial charge in [-0.3, -0.25) is 4.68 Å². The molecule has 21 heavy (non-hydrogen) atoms. The van der Waals surface area contributed by atoms with Crippen LogP contribution >= 0.6 is 11.6 Å². The van der Waals surface area contributed by atoms with E-state index in [1.807, 2.05) is 4.68 Å². The minimum atomic E-state index is 0.419. The van der Waals surface area contributed by atoms with Crippen LogP contribution in [0.2, 0.25) is 5.02 Å². The Labute approximate surface area is 133 Å². The fraction of sp³-hybridized carbons (Fsp3) is 0.812. The molecular formula is C16H28ClN3O. The Kier molecular flexibility index (Phi) is 6.08. The minimum Gasteiger partial charge on any atom is -0.383 e. The third-order valence-electron chi connectivity index (χ3n) is 4.97.